The van der Waals surface area contributed by atoms with Crippen molar-refractivity contribution < 1.29 is 9.90 Å². The van der Waals surface area contributed by atoms with Gasteiger partial charge < -0.3 is 15.8 Å². The Labute approximate surface area is 125 Å². The first-order chi connectivity index (χ1) is 9.81. The summed E-state index contributed by atoms with van der Waals surface area (Å²) in [5.74, 6) is -0.157. The third-order valence-corrected chi connectivity index (χ3v) is 4.67. The number of H-pyrrole nitrogens is 1. The molecule has 0 amide bonds. The lowest BCUT2D eigenvalue weighted by molar-refractivity contribution is -0.139. The number of nitrogens with two attached hydrogens (primary N) is 1. The molecule has 0 bridgehead atoms. The van der Waals surface area contributed by atoms with Crippen LogP contribution in [-0.4, -0.2) is 31.8 Å². The number of aromatic nitrogens is 2. The average Bonchev–Trinajstić information content (AvgIpc) is 2.44. The summed E-state index contributed by atoms with van der Waals surface area (Å²) in [7, 11) is 0. The lowest BCUT2D eigenvalue weighted by atomic mass is 10.1. The van der Waals surface area contributed by atoms with Gasteiger partial charge >= 0.3 is 5.97 Å². The highest BCUT2D eigenvalue weighted by Gasteiger charge is 2.32. The molecule has 4 N–H and O–H groups in total. The summed E-state index contributed by atoms with van der Waals surface area (Å²) in [5.41, 5.74) is 6.09. The van der Waals surface area contributed by atoms with Gasteiger partial charge in [0.15, 0.2) is 0 Å². The molecule has 0 radical (unpaired) electrons. The van der Waals surface area contributed by atoms with Crippen molar-refractivity contribution in [2.75, 3.05) is 0 Å². The molecule has 0 spiro atoms. The highest BCUT2D eigenvalue weighted by atomic mass is 32.2. The van der Waals surface area contributed by atoms with Crippen LogP contribution in [-0.2, 0) is 10.5 Å². The molecular weight excluding hydrogens is 290 g/mol. The van der Waals surface area contributed by atoms with E-state index in [0.29, 0.717) is 22.5 Å². The standard InChI is InChI=1S/C14H17N3O3S/c1-14(2,11(15)13(19)20)21-7-10-16-9-6-4-3-5-8(9)12(18)17-10/h3-6,11H,7,15H2,1-2H3,(H,19,20)(H,16,17,18)/t11-/m1/s1. The third-order valence-electron chi connectivity index (χ3n) is 3.26. The number of hydrogen-bond donors (Lipinski definition) is 3. The van der Waals surface area contributed by atoms with E-state index in [1.165, 1.54) is 11.8 Å². The van der Waals surface area contributed by atoms with Crippen LogP contribution in [0.5, 0.6) is 0 Å². The largest absolute Gasteiger partial charge is 0.480 e. The average molecular weight is 307 g/mol. The maximum Gasteiger partial charge on any atom is 0.321 e. The number of thioether (sulfide) groups is 1. The summed E-state index contributed by atoms with van der Waals surface area (Å²) >= 11 is 1.35. The molecule has 1 heterocycles. The minimum Gasteiger partial charge on any atom is -0.480 e. The molecule has 7 heteroatoms. The van der Waals surface area contributed by atoms with Crippen molar-refractivity contribution in [1.29, 1.82) is 0 Å². The molecule has 1 aromatic heterocycles. The Balaban J connectivity index is 2.21. The van der Waals surface area contributed by atoms with E-state index in [2.05, 4.69) is 9.97 Å². The molecule has 0 unspecified atom stereocenters. The van der Waals surface area contributed by atoms with Gasteiger partial charge in [0.2, 0.25) is 0 Å². The Kier molecular flexibility index (Phi) is 4.34. The van der Waals surface area contributed by atoms with Crippen molar-refractivity contribution in [2.45, 2.75) is 30.4 Å². The highest BCUT2D eigenvalue weighted by Crippen LogP contribution is 2.29. The zero-order chi connectivity index (χ0) is 15.6. The van der Waals surface area contributed by atoms with Crippen LogP contribution in [0, 0.1) is 0 Å². The summed E-state index contributed by atoms with van der Waals surface area (Å²) in [6, 6.07) is 6.09. The molecule has 0 saturated heterocycles. The second-order valence-corrected chi connectivity index (χ2v) is 6.87. The first-order valence-corrected chi connectivity index (χ1v) is 7.40. The molecule has 0 aliphatic carbocycles. The Hall–Kier alpha value is -1.86. The SMILES string of the molecule is CC(C)(SCc1nc2ccccc2c(=O)[nH]1)[C@H](N)C(=O)O. The number of carboxylic acid groups (broad SMARTS) is 1. The third kappa shape index (κ3) is 3.43. The second-order valence-electron chi connectivity index (χ2n) is 5.24. The number of carbonyl (C=O) groups is 1. The van der Waals surface area contributed by atoms with Crippen molar-refractivity contribution >= 4 is 28.6 Å². The summed E-state index contributed by atoms with van der Waals surface area (Å²) in [6.07, 6.45) is 0. The summed E-state index contributed by atoms with van der Waals surface area (Å²) < 4.78 is -0.671. The molecule has 0 saturated carbocycles. The number of carboxylic acids is 1. The Bertz CT molecular complexity index is 727. The van der Waals surface area contributed by atoms with Gasteiger partial charge in [0.05, 0.1) is 16.7 Å². The van der Waals surface area contributed by atoms with Crippen LogP contribution in [0.3, 0.4) is 0 Å². The Morgan fingerprint density at radius 2 is 2.14 bits per heavy atom. The maximum atomic E-state index is 11.9. The maximum absolute atomic E-state index is 11.9. The number of para-hydroxylation sites is 1. The lowest BCUT2D eigenvalue weighted by Crippen LogP contribution is -2.46. The number of nitrogens with zero attached hydrogens (tertiary/aromatic N) is 1. The van der Waals surface area contributed by atoms with E-state index in [1.807, 2.05) is 6.07 Å². The number of aromatic amines is 1. The van der Waals surface area contributed by atoms with E-state index in [9.17, 15) is 9.59 Å². The smallest absolute Gasteiger partial charge is 0.321 e. The first-order valence-electron chi connectivity index (χ1n) is 6.41. The topological polar surface area (TPSA) is 109 Å². The van der Waals surface area contributed by atoms with Gasteiger partial charge in [-0.15, -0.1) is 11.8 Å². The molecule has 1 atom stereocenters. The summed E-state index contributed by atoms with van der Waals surface area (Å²) in [6.45, 7) is 3.52. The number of nitrogens with one attached hydrogen (secondary N) is 1. The highest BCUT2D eigenvalue weighted by molar-refractivity contribution is 7.99. The van der Waals surface area contributed by atoms with Crippen molar-refractivity contribution in [2.24, 2.45) is 5.73 Å². The van der Waals surface area contributed by atoms with Crippen LogP contribution in [0.25, 0.3) is 10.9 Å². The predicted molar refractivity (Wildman–Crippen MR) is 83.3 cm³/mol. The van der Waals surface area contributed by atoms with Crippen LogP contribution >= 0.6 is 11.8 Å². The molecule has 0 fully saturated rings. The minimum absolute atomic E-state index is 0.198. The van der Waals surface area contributed by atoms with Gasteiger partial charge in [-0.1, -0.05) is 12.1 Å². The second kappa shape index (κ2) is 5.87. The first kappa shape index (κ1) is 15.5. The van der Waals surface area contributed by atoms with Crippen LogP contribution in [0.15, 0.2) is 29.1 Å². The van der Waals surface area contributed by atoms with Crippen LogP contribution in [0.1, 0.15) is 19.7 Å². The molecule has 6 nitrogen and oxygen atoms in total. The van der Waals surface area contributed by atoms with E-state index in [-0.39, 0.29) is 5.56 Å². The molecule has 0 aliphatic heterocycles. The van der Waals surface area contributed by atoms with Gasteiger partial charge in [-0.2, -0.15) is 0 Å². The van der Waals surface area contributed by atoms with Crippen molar-refractivity contribution in [1.82, 2.24) is 9.97 Å². The molecule has 0 aliphatic rings. The molecule has 112 valence electrons. The number of benzene rings is 1. The lowest BCUT2D eigenvalue weighted by Gasteiger charge is -2.27. The van der Waals surface area contributed by atoms with Crippen molar-refractivity contribution in [3.63, 3.8) is 0 Å². The van der Waals surface area contributed by atoms with Crippen LogP contribution in [0.2, 0.25) is 0 Å². The van der Waals surface area contributed by atoms with E-state index < -0.39 is 16.8 Å². The zero-order valence-electron chi connectivity index (χ0n) is 11.8. The Morgan fingerprint density at radius 1 is 1.48 bits per heavy atom. The van der Waals surface area contributed by atoms with E-state index in [4.69, 9.17) is 10.8 Å². The number of hydrogen-bond acceptors (Lipinski definition) is 5. The summed E-state index contributed by atoms with van der Waals surface area (Å²) in [5, 5.41) is 9.52. The van der Waals surface area contributed by atoms with Gasteiger partial charge in [-0.25, -0.2) is 4.98 Å². The fraction of sp³-hybridized carbons (Fsp3) is 0.357. The number of aliphatic carboxylic acids is 1. The van der Waals surface area contributed by atoms with E-state index in [0.717, 1.165) is 0 Å². The van der Waals surface area contributed by atoms with Gasteiger partial charge in [0.25, 0.3) is 5.56 Å². The van der Waals surface area contributed by atoms with E-state index in [1.54, 1.807) is 32.0 Å². The minimum atomic E-state index is -1.05. The zero-order valence-corrected chi connectivity index (χ0v) is 12.6. The van der Waals surface area contributed by atoms with Crippen molar-refractivity contribution in [3.8, 4) is 0 Å². The Morgan fingerprint density at radius 3 is 2.81 bits per heavy atom. The van der Waals surface area contributed by atoms with Crippen LogP contribution < -0.4 is 11.3 Å². The van der Waals surface area contributed by atoms with Gasteiger partial charge in [-0.05, 0) is 26.0 Å². The fourth-order valence-electron chi connectivity index (χ4n) is 1.84. The van der Waals surface area contributed by atoms with Crippen LogP contribution in [0.4, 0.5) is 0 Å². The fourth-order valence-corrected chi connectivity index (χ4v) is 2.77. The van der Waals surface area contributed by atoms with Crippen molar-refractivity contribution in [3.05, 3.63) is 40.4 Å². The van der Waals surface area contributed by atoms with Gasteiger partial charge in [0.1, 0.15) is 11.9 Å². The number of fused-ring (bicyclic) bond motifs is 1. The monoisotopic (exact) mass is 307 g/mol. The molecule has 1 aromatic carbocycles. The predicted octanol–water partition coefficient (Wildman–Crippen LogP) is 1.35. The molecule has 2 rings (SSSR count). The summed E-state index contributed by atoms with van der Waals surface area (Å²) in [4.78, 5) is 30.0. The molecular formula is C14H17N3O3S. The number of rotatable bonds is 5. The molecule has 21 heavy (non-hydrogen) atoms. The molecule has 2 aromatic rings. The van der Waals surface area contributed by atoms with E-state index >= 15 is 0 Å². The van der Waals surface area contributed by atoms with Gasteiger partial charge in [-0.3, -0.25) is 9.59 Å². The normalized spacial score (nSPS) is 13.3. The van der Waals surface area contributed by atoms with Gasteiger partial charge in [0, 0.05) is 4.75 Å². The quantitative estimate of drug-likeness (QED) is 0.769.